The number of ketones is 1. The second kappa shape index (κ2) is 5.76. The summed E-state index contributed by atoms with van der Waals surface area (Å²) in [6, 6.07) is 8.35. The Morgan fingerprint density at radius 2 is 1.62 bits per heavy atom. The van der Waals surface area contributed by atoms with Crippen molar-refractivity contribution < 1.29 is 4.79 Å². The Balaban J connectivity index is 2.20. The van der Waals surface area contributed by atoms with E-state index in [0.29, 0.717) is 6.54 Å². The summed E-state index contributed by atoms with van der Waals surface area (Å²) in [4.78, 5) is 14.5. The van der Waals surface area contributed by atoms with Crippen LogP contribution in [0.3, 0.4) is 0 Å². The molecule has 3 heteroatoms. The third-order valence-electron chi connectivity index (χ3n) is 4.10. The molecule has 0 amide bonds. The number of aromatic nitrogens is 1. The average Bonchev–Trinajstić information content (AvgIpc) is 2.65. The van der Waals surface area contributed by atoms with E-state index >= 15 is 0 Å². The van der Waals surface area contributed by atoms with Gasteiger partial charge in [0.1, 0.15) is 0 Å². The van der Waals surface area contributed by atoms with Gasteiger partial charge in [0.25, 0.3) is 0 Å². The second-order valence-electron chi connectivity index (χ2n) is 5.97. The largest absolute Gasteiger partial charge is 0.367 e. The minimum absolute atomic E-state index is 0.165. The maximum Gasteiger partial charge on any atom is 0.183 e. The lowest BCUT2D eigenvalue weighted by Gasteiger charge is -2.19. The minimum atomic E-state index is 0.165. The van der Waals surface area contributed by atoms with E-state index in [1.54, 1.807) is 0 Å². The zero-order valence-electron chi connectivity index (χ0n) is 13.8. The molecule has 3 nitrogen and oxygen atoms in total. The Bertz CT molecular complexity index is 663. The predicted molar refractivity (Wildman–Crippen MR) is 88.4 cm³/mol. The Hall–Kier alpha value is -2.03. The standard InChI is InChI=1S/C18H24N2O/c1-12-7-13(2)9-16(8-12)19(5)11-18(21)17-10-14(3)20(6)15(17)4/h7-10H,11H2,1-6H3. The first-order valence-electron chi connectivity index (χ1n) is 7.25. The molecule has 1 heterocycles. The molecule has 2 aromatic rings. The van der Waals surface area contributed by atoms with Crippen molar-refractivity contribution in [1.82, 2.24) is 4.57 Å². The van der Waals surface area contributed by atoms with Crippen molar-refractivity contribution in [3.63, 3.8) is 0 Å². The highest BCUT2D eigenvalue weighted by Crippen LogP contribution is 2.19. The molecule has 0 radical (unpaired) electrons. The summed E-state index contributed by atoms with van der Waals surface area (Å²) in [6.07, 6.45) is 0. The Morgan fingerprint density at radius 1 is 1.05 bits per heavy atom. The molecule has 0 spiro atoms. The van der Waals surface area contributed by atoms with Crippen molar-refractivity contribution in [2.24, 2.45) is 7.05 Å². The summed E-state index contributed by atoms with van der Waals surface area (Å²) in [5, 5.41) is 0. The molecule has 0 saturated carbocycles. The van der Waals surface area contributed by atoms with Crippen LogP contribution in [0.5, 0.6) is 0 Å². The number of carbonyl (C=O) groups is 1. The summed E-state index contributed by atoms with van der Waals surface area (Å²) in [7, 11) is 3.96. The van der Waals surface area contributed by atoms with E-state index in [4.69, 9.17) is 0 Å². The fraction of sp³-hybridized carbons (Fsp3) is 0.389. The predicted octanol–water partition coefficient (Wildman–Crippen LogP) is 3.58. The molecule has 0 aliphatic carbocycles. The topological polar surface area (TPSA) is 25.2 Å². The number of Topliss-reactive ketones (excluding diaryl/α,β-unsaturated/α-hetero) is 1. The smallest absolute Gasteiger partial charge is 0.183 e. The van der Waals surface area contributed by atoms with Crippen molar-refractivity contribution in [1.29, 1.82) is 0 Å². The fourth-order valence-electron chi connectivity index (χ4n) is 2.70. The van der Waals surface area contributed by atoms with Crippen LogP contribution in [0.4, 0.5) is 5.69 Å². The normalized spacial score (nSPS) is 10.8. The van der Waals surface area contributed by atoms with Crippen LogP contribution in [0.2, 0.25) is 0 Å². The molecular formula is C18H24N2O. The van der Waals surface area contributed by atoms with Gasteiger partial charge < -0.3 is 9.47 Å². The molecule has 0 atom stereocenters. The van der Waals surface area contributed by atoms with E-state index in [1.807, 2.05) is 38.9 Å². The van der Waals surface area contributed by atoms with Gasteiger partial charge in [0.15, 0.2) is 5.78 Å². The number of aryl methyl sites for hydroxylation is 3. The van der Waals surface area contributed by atoms with Crippen LogP contribution in [0.1, 0.15) is 32.9 Å². The minimum Gasteiger partial charge on any atom is -0.367 e. The van der Waals surface area contributed by atoms with Crippen molar-refractivity contribution in [2.45, 2.75) is 27.7 Å². The first-order chi connectivity index (χ1) is 9.79. The van der Waals surface area contributed by atoms with Gasteiger partial charge in [0.2, 0.25) is 0 Å². The van der Waals surface area contributed by atoms with Gasteiger partial charge in [0.05, 0.1) is 6.54 Å². The van der Waals surface area contributed by atoms with Crippen LogP contribution >= 0.6 is 0 Å². The highest BCUT2D eigenvalue weighted by Gasteiger charge is 2.16. The number of nitrogens with zero attached hydrogens (tertiary/aromatic N) is 2. The van der Waals surface area contributed by atoms with E-state index in [2.05, 4.69) is 36.6 Å². The molecule has 0 N–H and O–H groups in total. The first-order valence-corrected chi connectivity index (χ1v) is 7.25. The quantitative estimate of drug-likeness (QED) is 0.802. The number of rotatable bonds is 4. The highest BCUT2D eigenvalue weighted by molar-refractivity contribution is 6.00. The molecular weight excluding hydrogens is 260 g/mol. The van der Waals surface area contributed by atoms with Gasteiger partial charge in [-0.05, 0) is 57.0 Å². The highest BCUT2D eigenvalue weighted by atomic mass is 16.1. The lowest BCUT2D eigenvalue weighted by Crippen LogP contribution is -2.26. The van der Waals surface area contributed by atoms with Gasteiger partial charge in [-0.25, -0.2) is 0 Å². The number of benzene rings is 1. The number of anilines is 1. The number of hydrogen-bond acceptors (Lipinski definition) is 2. The van der Waals surface area contributed by atoms with Crippen molar-refractivity contribution >= 4 is 11.5 Å². The maximum absolute atomic E-state index is 12.5. The molecule has 1 aromatic carbocycles. The lowest BCUT2D eigenvalue weighted by atomic mass is 10.1. The SMILES string of the molecule is Cc1cc(C)cc(N(C)CC(=O)c2cc(C)n(C)c2C)c1. The molecule has 112 valence electrons. The molecule has 0 saturated heterocycles. The maximum atomic E-state index is 12.5. The average molecular weight is 284 g/mol. The summed E-state index contributed by atoms with van der Waals surface area (Å²) in [5.41, 5.74) is 6.50. The summed E-state index contributed by atoms with van der Waals surface area (Å²) in [5.74, 6) is 0.165. The number of hydrogen-bond donors (Lipinski definition) is 0. The molecule has 0 unspecified atom stereocenters. The van der Waals surface area contributed by atoms with Crippen LogP contribution in [0, 0.1) is 27.7 Å². The molecule has 2 rings (SSSR count). The van der Waals surface area contributed by atoms with E-state index < -0.39 is 0 Å². The summed E-state index contributed by atoms with van der Waals surface area (Å²) >= 11 is 0. The molecule has 0 aliphatic rings. The lowest BCUT2D eigenvalue weighted by molar-refractivity contribution is 0.0999. The molecule has 21 heavy (non-hydrogen) atoms. The first kappa shape index (κ1) is 15.4. The van der Waals surface area contributed by atoms with Gasteiger partial charge in [0, 0.05) is 36.7 Å². The van der Waals surface area contributed by atoms with Crippen molar-refractivity contribution in [3.8, 4) is 0 Å². The molecule has 0 bridgehead atoms. The van der Waals surface area contributed by atoms with Crippen molar-refractivity contribution in [3.05, 3.63) is 52.3 Å². The molecule has 1 aromatic heterocycles. The monoisotopic (exact) mass is 284 g/mol. The van der Waals surface area contributed by atoms with Gasteiger partial charge in [-0.15, -0.1) is 0 Å². The van der Waals surface area contributed by atoms with Gasteiger partial charge in [-0.2, -0.15) is 0 Å². The molecule has 0 fully saturated rings. The summed E-state index contributed by atoms with van der Waals surface area (Å²) < 4.78 is 2.06. The third kappa shape index (κ3) is 3.18. The zero-order valence-corrected chi connectivity index (χ0v) is 13.8. The number of likely N-dealkylation sites (N-methyl/N-ethyl adjacent to an activating group) is 1. The van der Waals surface area contributed by atoms with Gasteiger partial charge in [-0.1, -0.05) is 6.07 Å². The van der Waals surface area contributed by atoms with Crippen LogP contribution < -0.4 is 4.90 Å². The van der Waals surface area contributed by atoms with Crippen LogP contribution in [-0.2, 0) is 7.05 Å². The van der Waals surface area contributed by atoms with Gasteiger partial charge >= 0.3 is 0 Å². The fourth-order valence-corrected chi connectivity index (χ4v) is 2.70. The van der Waals surface area contributed by atoms with Crippen molar-refractivity contribution in [2.75, 3.05) is 18.5 Å². The Labute approximate surface area is 127 Å². The van der Waals surface area contributed by atoms with E-state index in [1.165, 1.54) is 11.1 Å². The second-order valence-corrected chi connectivity index (χ2v) is 5.97. The molecule has 0 aliphatic heterocycles. The third-order valence-corrected chi connectivity index (χ3v) is 4.10. The van der Waals surface area contributed by atoms with Crippen LogP contribution in [0.25, 0.3) is 0 Å². The van der Waals surface area contributed by atoms with Gasteiger partial charge in [-0.3, -0.25) is 4.79 Å². The van der Waals surface area contributed by atoms with E-state index in [0.717, 1.165) is 22.6 Å². The summed E-state index contributed by atoms with van der Waals surface area (Å²) in [6.45, 7) is 8.58. The zero-order chi connectivity index (χ0) is 15.7. The Kier molecular flexibility index (Phi) is 4.21. The van der Waals surface area contributed by atoms with E-state index in [-0.39, 0.29) is 5.78 Å². The van der Waals surface area contributed by atoms with Crippen LogP contribution in [0.15, 0.2) is 24.3 Å². The number of carbonyl (C=O) groups excluding carboxylic acids is 1. The van der Waals surface area contributed by atoms with E-state index in [9.17, 15) is 4.79 Å². The Morgan fingerprint density at radius 3 is 2.10 bits per heavy atom. The van der Waals surface area contributed by atoms with Crippen LogP contribution in [-0.4, -0.2) is 23.9 Å².